The van der Waals surface area contributed by atoms with Crippen LogP contribution in [0.4, 0.5) is 0 Å². The number of unbranched alkanes of at least 4 members (excludes halogenated alkanes) is 1. The van der Waals surface area contributed by atoms with Crippen LogP contribution < -0.4 is 0 Å². The molecule has 1 unspecified atom stereocenters. The molecule has 0 amide bonds. The summed E-state index contributed by atoms with van der Waals surface area (Å²) in [6.45, 7) is 14.6. The van der Waals surface area contributed by atoms with Crippen molar-refractivity contribution in [2.45, 2.75) is 47.0 Å². The zero-order valence-electron chi connectivity index (χ0n) is 7.78. The van der Waals surface area contributed by atoms with Gasteiger partial charge in [0, 0.05) is 0 Å². The Labute approximate surface area is 66.0 Å². The third-order valence-corrected chi connectivity index (χ3v) is 2.26. The lowest BCUT2D eigenvalue weighted by molar-refractivity contribution is 0.280. The molecule has 0 fully saturated rings. The first-order valence-electron chi connectivity index (χ1n) is 4.27. The minimum absolute atomic E-state index is 0.00910. The Morgan fingerprint density at radius 3 is 2.20 bits per heavy atom. The first-order chi connectivity index (χ1) is 4.48. The second kappa shape index (κ2) is 4.00. The lowest BCUT2D eigenvalue weighted by Crippen LogP contribution is -2.17. The quantitative estimate of drug-likeness (QED) is 0.560. The second-order valence-corrected chi connectivity index (χ2v) is 3.86. The van der Waals surface area contributed by atoms with Crippen molar-refractivity contribution < 1.29 is 0 Å². The smallest absolute Gasteiger partial charge is 0.0287 e. The number of hydrogen-bond donors (Lipinski definition) is 0. The van der Waals surface area contributed by atoms with Gasteiger partial charge in [0.2, 0.25) is 0 Å². The van der Waals surface area contributed by atoms with Gasteiger partial charge in [-0.25, -0.2) is 0 Å². The van der Waals surface area contributed by atoms with Gasteiger partial charge in [-0.15, -0.1) is 0 Å². The summed E-state index contributed by atoms with van der Waals surface area (Å²) in [5.41, 5.74) is 0.00910. The van der Waals surface area contributed by atoms with E-state index in [9.17, 15) is 0 Å². The maximum Gasteiger partial charge on any atom is -0.0287 e. The van der Waals surface area contributed by atoms with Crippen molar-refractivity contribution >= 4 is 0 Å². The van der Waals surface area contributed by atoms with Crippen LogP contribution in [0.15, 0.2) is 0 Å². The lowest BCUT2D eigenvalue weighted by Gasteiger charge is -2.26. The van der Waals surface area contributed by atoms with Gasteiger partial charge in [0.15, 0.2) is 0 Å². The molecule has 0 aromatic carbocycles. The van der Waals surface area contributed by atoms with Crippen molar-refractivity contribution in [2.24, 2.45) is 11.3 Å². The molecule has 0 heteroatoms. The highest BCUT2D eigenvalue weighted by atomic mass is 14.2. The summed E-state index contributed by atoms with van der Waals surface area (Å²) in [5, 5.41) is 0. The molecule has 0 aromatic heterocycles. The lowest BCUT2D eigenvalue weighted by atomic mass is 9.79. The zero-order valence-corrected chi connectivity index (χ0v) is 7.78. The van der Waals surface area contributed by atoms with Crippen molar-refractivity contribution in [2.75, 3.05) is 0 Å². The van der Waals surface area contributed by atoms with Crippen LogP contribution in [0.3, 0.4) is 0 Å². The van der Waals surface area contributed by atoms with E-state index < -0.39 is 0 Å². The monoisotopic (exact) mass is 140 g/mol. The van der Waals surface area contributed by atoms with E-state index in [1.807, 2.05) is 0 Å². The fourth-order valence-electron chi connectivity index (χ4n) is 0.882. The summed E-state index contributed by atoms with van der Waals surface area (Å²) in [5.74, 6) is 0.646. The van der Waals surface area contributed by atoms with Crippen molar-refractivity contribution in [3.05, 3.63) is 6.92 Å². The van der Waals surface area contributed by atoms with Crippen LogP contribution in [-0.4, -0.2) is 0 Å². The van der Waals surface area contributed by atoms with Gasteiger partial charge in [-0.2, -0.15) is 0 Å². The predicted octanol–water partition coefficient (Wildman–Crippen LogP) is 3.55. The molecule has 10 heavy (non-hydrogen) atoms. The topological polar surface area (TPSA) is 0 Å². The van der Waals surface area contributed by atoms with Gasteiger partial charge in [-0.3, -0.25) is 0 Å². The van der Waals surface area contributed by atoms with E-state index in [1.165, 1.54) is 19.3 Å². The largest absolute Gasteiger partial charge is 0.0654 e. The Kier molecular flexibility index (Phi) is 4.00. The van der Waals surface area contributed by atoms with E-state index in [-0.39, 0.29) is 5.41 Å². The van der Waals surface area contributed by atoms with Gasteiger partial charge in [0.05, 0.1) is 0 Å². The number of hydrogen-bond acceptors (Lipinski definition) is 0. The summed E-state index contributed by atoms with van der Waals surface area (Å²) >= 11 is 0. The van der Waals surface area contributed by atoms with Gasteiger partial charge in [0.1, 0.15) is 0 Å². The molecule has 0 aromatic rings. The Hall–Kier alpha value is 0. The molecule has 0 saturated heterocycles. The molecule has 0 aliphatic heterocycles. The summed E-state index contributed by atoms with van der Waals surface area (Å²) in [6, 6.07) is 0. The predicted molar refractivity (Wildman–Crippen MR) is 46.8 cm³/mol. The molecule has 0 nitrogen and oxygen atoms in total. The minimum Gasteiger partial charge on any atom is -0.0654 e. The molecule has 0 heterocycles. The zero-order chi connectivity index (χ0) is 8.20. The first kappa shape index (κ1) is 10.0. The fraction of sp³-hybridized carbons (Fsp3) is 0.900. The molecular formula is C10H20. The Balaban J connectivity index is 3.52. The van der Waals surface area contributed by atoms with Crippen molar-refractivity contribution in [3.8, 4) is 0 Å². The maximum atomic E-state index is 5.92. The maximum absolute atomic E-state index is 5.92. The molecule has 0 saturated carbocycles. The highest BCUT2D eigenvalue weighted by molar-refractivity contribution is 4.76. The molecule has 2 radical (unpaired) electrons. The summed E-state index contributed by atoms with van der Waals surface area (Å²) in [7, 11) is 0. The third kappa shape index (κ3) is 3.92. The van der Waals surface area contributed by atoms with Crippen LogP contribution in [0.2, 0.25) is 0 Å². The van der Waals surface area contributed by atoms with Crippen molar-refractivity contribution in [1.29, 1.82) is 0 Å². The molecule has 60 valence electrons. The van der Waals surface area contributed by atoms with E-state index in [0.29, 0.717) is 5.92 Å². The van der Waals surface area contributed by atoms with Crippen LogP contribution in [0.25, 0.3) is 0 Å². The first-order valence-corrected chi connectivity index (χ1v) is 4.27. The standard InChI is InChI=1S/C10H20/c1-6-7-8-9(2)10(3,4)5/h3,9H,6-8H2,1-2,4-5H3. The van der Waals surface area contributed by atoms with Crippen LogP contribution in [0.1, 0.15) is 47.0 Å². The highest BCUT2D eigenvalue weighted by Gasteiger charge is 2.18. The van der Waals surface area contributed by atoms with Gasteiger partial charge in [0.25, 0.3) is 0 Å². The Bertz CT molecular complexity index is 76.5. The van der Waals surface area contributed by atoms with Crippen LogP contribution in [0.5, 0.6) is 0 Å². The third-order valence-electron chi connectivity index (χ3n) is 2.26. The van der Waals surface area contributed by atoms with Crippen molar-refractivity contribution in [3.63, 3.8) is 0 Å². The molecule has 1 atom stereocenters. The summed E-state index contributed by atoms with van der Waals surface area (Å²) in [6.07, 6.45) is 3.85. The van der Waals surface area contributed by atoms with Crippen LogP contribution >= 0.6 is 0 Å². The van der Waals surface area contributed by atoms with E-state index in [0.717, 1.165) is 0 Å². The van der Waals surface area contributed by atoms with Crippen LogP contribution in [-0.2, 0) is 0 Å². The van der Waals surface area contributed by atoms with Crippen molar-refractivity contribution in [1.82, 2.24) is 0 Å². The highest BCUT2D eigenvalue weighted by Crippen LogP contribution is 2.28. The van der Waals surface area contributed by atoms with E-state index in [1.54, 1.807) is 0 Å². The number of rotatable bonds is 4. The van der Waals surface area contributed by atoms with Crippen LogP contribution in [0, 0.1) is 18.3 Å². The van der Waals surface area contributed by atoms with E-state index in [2.05, 4.69) is 27.7 Å². The Morgan fingerprint density at radius 1 is 1.40 bits per heavy atom. The normalized spacial score (nSPS) is 15.3. The minimum atomic E-state index is 0.00910. The summed E-state index contributed by atoms with van der Waals surface area (Å²) < 4.78 is 0. The average Bonchev–Trinajstić information content (AvgIpc) is 1.80. The molecule has 0 bridgehead atoms. The Morgan fingerprint density at radius 2 is 1.90 bits per heavy atom. The molecule has 0 spiro atoms. The molecule has 0 rings (SSSR count). The molecular weight excluding hydrogens is 120 g/mol. The summed E-state index contributed by atoms with van der Waals surface area (Å²) in [4.78, 5) is 0. The van der Waals surface area contributed by atoms with E-state index in [4.69, 9.17) is 6.92 Å². The van der Waals surface area contributed by atoms with Gasteiger partial charge in [-0.05, 0) is 18.3 Å². The van der Waals surface area contributed by atoms with Gasteiger partial charge >= 0.3 is 0 Å². The average molecular weight is 140 g/mol. The molecule has 0 aliphatic rings. The fourth-order valence-corrected chi connectivity index (χ4v) is 0.882. The van der Waals surface area contributed by atoms with E-state index >= 15 is 0 Å². The molecule has 0 aliphatic carbocycles. The second-order valence-electron chi connectivity index (χ2n) is 3.86. The van der Waals surface area contributed by atoms with Gasteiger partial charge < -0.3 is 0 Å². The van der Waals surface area contributed by atoms with Gasteiger partial charge in [-0.1, -0.05) is 47.0 Å². The SMILES string of the molecule is [CH]C(C)(C)C(C)CCCC. The molecule has 0 N–H and O–H groups in total.